The Bertz CT molecular complexity index is 620. The number of amides is 1. The van der Waals surface area contributed by atoms with E-state index < -0.39 is 18.0 Å². The van der Waals surface area contributed by atoms with Crippen molar-refractivity contribution in [1.82, 2.24) is 5.32 Å². The molecular weight excluding hydrogens is 452 g/mol. The summed E-state index contributed by atoms with van der Waals surface area (Å²) in [7, 11) is 0. The van der Waals surface area contributed by atoms with Crippen molar-refractivity contribution in [3.63, 3.8) is 0 Å². The van der Waals surface area contributed by atoms with Gasteiger partial charge in [-0.3, -0.25) is 9.59 Å². The summed E-state index contributed by atoms with van der Waals surface area (Å²) in [5, 5.41) is 32.6. The molecule has 0 aromatic heterocycles. The molecule has 0 bridgehead atoms. The van der Waals surface area contributed by atoms with Crippen molar-refractivity contribution in [2.24, 2.45) is 4.99 Å². The smallest absolute Gasteiger partial charge is 0.862 e. The van der Waals surface area contributed by atoms with Crippen LogP contribution in [0.25, 0.3) is 0 Å². The molecule has 0 spiro atoms. The van der Waals surface area contributed by atoms with Crippen molar-refractivity contribution in [1.29, 1.82) is 0 Å². The first-order chi connectivity index (χ1) is 15.1. The van der Waals surface area contributed by atoms with Gasteiger partial charge in [0.15, 0.2) is 0 Å². The largest absolute Gasteiger partial charge is 2.00 e. The minimum Gasteiger partial charge on any atom is -0.862 e. The van der Waals surface area contributed by atoms with Gasteiger partial charge in [-0.1, -0.05) is 51.0 Å². The van der Waals surface area contributed by atoms with Crippen molar-refractivity contribution in [3.8, 4) is 0 Å². The Morgan fingerprint density at radius 3 is 1.82 bits per heavy atom. The number of unbranched alkanes of at least 4 members (excludes halogenated alkanes) is 2. The topological polar surface area (TPSA) is 142 Å². The SMILES string of the molecule is CCC/C=C/CCC(=O)NC(C)CC(=O)O.CCC/C=C/CCC([O-])=NC(C)CC(=O)[O-].[Ca+2]. The second-order valence-corrected chi connectivity index (χ2v) is 7.61. The molecule has 2 N–H and O–H groups in total. The minimum absolute atomic E-state index is 0. The average Bonchev–Trinajstić information content (AvgIpc) is 2.66. The van der Waals surface area contributed by atoms with Gasteiger partial charge in [0.2, 0.25) is 5.91 Å². The average molecular weight is 493 g/mol. The summed E-state index contributed by atoms with van der Waals surface area (Å²) in [6.45, 7) is 7.48. The molecular formula is C24H40CaN2O6. The van der Waals surface area contributed by atoms with E-state index in [0.717, 1.165) is 25.7 Å². The van der Waals surface area contributed by atoms with E-state index in [1.54, 1.807) is 13.8 Å². The molecule has 0 radical (unpaired) electrons. The van der Waals surface area contributed by atoms with Gasteiger partial charge in [-0.05, 0) is 51.8 Å². The van der Waals surface area contributed by atoms with Crippen LogP contribution in [0.5, 0.6) is 0 Å². The maximum Gasteiger partial charge on any atom is 2.00 e. The molecule has 0 aromatic rings. The van der Waals surface area contributed by atoms with Gasteiger partial charge in [-0.25, -0.2) is 0 Å². The minimum atomic E-state index is -1.17. The third kappa shape index (κ3) is 30.6. The van der Waals surface area contributed by atoms with Crippen LogP contribution < -0.4 is 15.5 Å². The fourth-order valence-electron chi connectivity index (χ4n) is 2.48. The van der Waals surface area contributed by atoms with Crippen LogP contribution in [0.2, 0.25) is 0 Å². The van der Waals surface area contributed by atoms with Crippen molar-refractivity contribution >= 4 is 61.5 Å². The van der Waals surface area contributed by atoms with Gasteiger partial charge in [0, 0.05) is 24.9 Å². The van der Waals surface area contributed by atoms with Gasteiger partial charge in [0.1, 0.15) is 0 Å². The van der Waals surface area contributed by atoms with E-state index in [4.69, 9.17) is 5.11 Å². The van der Waals surface area contributed by atoms with E-state index >= 15 is 0 Å². The van der Waals surface area contributed by atoms with Crippen LogP contribution in [0.4, 0.5) is 0 Å². The molecule has 0 aliphatic rings. The maximum atomic E-state index is 11.3. The number of nitrogens with one attached hydrogen (secondary N) is 1. The number of aliphatic carboxylic acids is 2. The van der Waals surface area contributed by atoms with E-state index in [1.165, 1.54) is 0 Å². The molecule has 0 heterocycles. The number of hydrogen-bond donors (Lipinski definition) is 2. The predicted octanol–water partition coefficient (Wildman–Crippen LogP) is 2.13. The summed E-state index contributed by atoms with van der Waals surface area (Å²) in [6.07, 6.45) is 14.2. The van der Waals surface area contributed by atoms with Crippen LogP contribution in [0.3, 0.4) is 0 Å². The molecule has 8 nitrogen and oxygen atoms in total. The van der Waals surface area contributed by atoms with E-state index in [0.29, 0.717) is 25.7 Å². The quantitative estimate of drug-likeness (QED) is 0.146. The summed E-state index contributed by atoms with van der Waals surface area (Å²) in [5.74, 6) is -2.40. The zero-order valence-corrected chi connectivity index (χ0v) is 22.9. The first-order valence-electron chi connectivity index (χ1n) is 11.4. The number of nitrogens with zero attached hydrogens (tertiary/aromatic N) is 1. The van der Waals surface area contributed by atoms with Crippen LogP contribution in [0.15, 0.2) is 29.3 Å². The standard InChI is InChI=1S/2C12H21NO3.Ca/c2*1-3-4-5-6-7-8-11(14)13-10(2)9-12(15)16;/h2*5-6,10H,3-4,7-9H2,1-2H3,(H,13,14)(H,15,16);/q;;+2/p-2/b2*6-5+;. The Hall–Kier alpha value is -1.38. The number of carbonyl (C=O) groups is 3. The summed E-state index contributed by atoms with van der Waals surface area (Å²) in [4.78, 5) is 35.7. The Kier molecular flexibility index (Phi) is 27.7. The Morgan fingerprint density at radius 2 is 1.36 bits per heavy atom. The van der Waals surface area contributed by atoms with Crippen molar-refractivity contribution in [3.05, 3.63) is 24.3 Å². The van der Waals surface area contributed by atoms with E-state index in [1.807, 2.05) is 18.2 Å². The molecule has 0 saturated carbocycles. The molecule has 33 heavy (non-hydrogen) atoms. The molecule has 0 aromatic carbocycles. The van der Waals surface area contributed by atoms with E-state index in [-0.39, 0.29) is 68.4 Å². The maximum absolute atomic E-state index is 11.3. The number of allylic oxidation sites excluding steroid dienone is 4. The number of aliphatic imine (C=N–C) groups is 1. The summed E-state index contributed by atoms with van der Waals surface area (Å²) in [6, 6.07) is -0.790. The van der Waals surface area contributed by atoms with Crippen LogP contribution in [-0.2, 0) is 14.4 Å². The molecule has 0 aliphatic heterocycles. The van der Waals surface area contributed by atoms with Gasteiger partial charge >= 0.3 is 43.7 Å². The normalized spacial score (nSPS) is 13.0. The van der Waals surface area contributed by atoms with Gasteiger partial charge in [-0.15, -0.1) is 0 Å². The summed E-state index contributed by atoms with van der Waals surface area (Å²) < 4.78 is 0. The Morgan fingerprint density at radius 1 is 0.879 bits per heavy atom. The molecule has 0 rings (SSSR count). The molecule has 0 fully saturated rings. The van der Waals surface area contributed by atoms with Crippen LogP contribution in [0.1, 0.15) is 91.9 Å². The fourth-order valence-corrected chi connectivity index (χ4v) is 2.48. The van der Waals surface area contributed by atoms with Crippen LogP contribution in [-0.4, -0.2) is 78.7 Å². The van der Waals surface area contributed by atoms with Crippen molar-refractivity contribution in [2.45, 2.75) is 104 Å². The van der Waals surface area contributed by atoms with Crippen molar-refractivity contribution < 1.29 is 29.7 Å². The third-order valence-corrected chi connectivity index (χ3v) is 4.02. The first kappa shape index (κ1) is 36.2. The molecule has 2 unspecified atom stereocenters. The third-order valence-electron chi connectivity index (χ3n) is 4.02. The number of rotatable bonds is 16. The zero-order valence-electron chi connectivity index (χ0n) is 20.7. The van der Waals surface area contributed by atoms with Crippen LogP contribution >= 0.6 is 0 Å². The first-order valence-corrected chi connectivity index (χ1v) is 11.4. The summed E-state index contributed by atoms with van der Waals surface area (Å²) >= 11 is 0. The predicted molar refractivity (Wildman–Crippen MR) is 129 cm³/mol. The van der Waals surface area contributed by atoms with Crippen molar-refractivity contribution in [2.75, 3.05) is 0 Å². The zero-order chi connectivity index (χ0) is 24.8. The monoisotopic (exact) mass is 492 g/mol. The molecule has 1 amide bonds. The second-order valence-electron chi connectivity index (χ2n) is 7.61. The number of hydrogen-bond acceptors (Lipinski definition) is 6. The molecule has 184 valence electrons. The van der Waals surface area contributed by atoms with E-state index in [9.17, 15) is 24.6 Å². The molecule has 0 aliphatic carbocycles. The van der Waals surface area contributed by atoms with Gasteiger partial charge in [0.05, 0.1) is 12.5 Å². The number of carbonyl (C=O) groups excluding carboxylic acids is 2. The second kappa shape index (κ2) is 25.2. The molecule has 0 saturated heterocycles. The van der Waals surface area contributed by atoms with Crippen LogP contribution in [0, 0.1) is 0 Å². The summed E-state index contributed by atoms with van der Waals surface area (Å²) in [5.41, 5.74) is 0. The number of carboxylic acid groups (broad SMARTS) is 2. The van der Waals surface area contributed by atoms with Gasteiger partial charge < -0.3 is 30.4 Å². The van der Waals surface area contributed by atoms with E-state index in [2.05, 4.69) is 30.2 Å². The Balaban J connectivity index is -0.000000529. The molecule has 2 atom stereocenters. The number of carboxylic acids is 2. The Labute approximate surface area is 228 Å². The van der Waals surface area contributed by atoms with Gasteiger partial charge in [0.25, 0.3) is 0 Å². The molecule has 9 heteroatoms. The fraction of sp³-hybridized carbons (Fsp3) is 0.667. The van der Waals surface area contributed by atoms with Gasteiger partial charge in [-0.2, -0.15) is 0 Å².